The minimum absolute atomic E-state index is 0.483. The van der Waals surface area contributed by atoms with Gasteiger partial charge >= 0.3 is 0 Å². The van der Waals surface area contributed by atoms with Crippen molar-refractivity contribution in [2.24, 2.45) is 0 Å². The second kappa shape index (κ2) is 6.24. The van der Waals surface area contributed by atoms with Crippen LogP contribution in [0.1, 0.15) is 33.3 Å². The maximum absolute atomic E-state index is 9.95. The molecule has 0 aromatic carbocycles. The Kier molecular flexibility index (Phi) is 4.83. The third kappa shape index (κ3) is 4.30. The van der Waals surface area contributed by atoms with Crippen LogP contribution in [0.25, 0.3) is 0 Å². The van der Waals surface area contributed by atoms with E-state index in [2.05, 4.69) is 34.9 Å². The van der Waals surface area contributed by atoms with Gasteiger partial charge in [0, 0.05) is 57.1 Å². The zero-order chi connectivity index (χ0) is 14.8. The summed E-state index contributed by atoms with van der Waals surface area (Å²) in [6.45, 7) is 13.9. The highest BCUT2D eigenvalue weighted by molar-refractivity contribution is 5.04. The van der Waals surface area contributed by atoms with E-state index in [1.807, 2.05) is 24.7 Å². The Morgan fingerprint density at radius 3 is 2.70 bits per heavy atom. The molecule has 1 saturated heterocycles. The second-order valence-electron chi connectivity index (χ2n) is 6.57. The van der Waals surface area contributed by atoms with Crippen LogP contribution in [0, 0.1) is 0 Å². The van der Waals surface area contributed by atoms with Gasteiger partial charge in [0.15, 0.2) is 0 Å². The van der Waals surface area contributed by atoms with Crippen LogP contribution in [0.2, 0.25) is 0 Å². The van der Waals surface area contributed by atoms with Gasteiger partial charge < -0.3 is 5.11 Å². The number of hydrogen-bond acceptors (Lipinski definition) is 4. The number of rotatable bonds is 5. The number of aryl methyl sites for hydroxylation is 1. The second-order valence-corrected chi connectivity index (χ2v) is 6.57. The Hall–Kier alpha value is -0.910. The Labute approximate surface area is 122 Å². The van der Waals surface area contributed by atoms with Crippen molar-refractivity contribution < 1.29 is 5.11 Å². The number of hydrogen-bond donors (Lipinski definition) is 1. The van der Waals surface area contributed by atoms with E-state index in [0.29, 0.717) is 6.04 Å². The SMILES string of the molecule is CCn1cc(CN2CCN(CC(C)(C)O)C(C)C2)cn1. The molecule has 1 aromatic heterocycles. The van der Waals surface area contributed by atoms with Crippen LogP contribution in [-0.4, -0.2) is 62.5 Å². The van der Waals surface area contributed by atoms with Crippen molar-refractivity contribution in [1.82, 2.24) is 19.6 Å². The first-order valence-corrected chi connectivity index (χ1v) is 7.57. The van der Waals surface area contributed by atoms with Gasteiger partial charge in [-0.05, 0) is 27.7 Å². The van der Waals surface area contributed by atoms with Gasteiger partial charge in [-0.2, -0.15) is 5.10 Å². The van der Waals surface area contributed by atoms with Crippen LogP contribution in [0.5, 0.6) is 0 Å². The first-order chi connectivity index (χ1) is 9.37. The minimum Gasteiger partial charge on any atom is -0.389 e. The summed E-state index contributed by atoms with van der Waals surface area (Å²) >= 11 is 0. The monoisotopic (exact) mass is 280 g/mol. The molecule has 1 aliphatic rings. The van der Waals surface area contributed by atoms with E-state index < -0.39 is 5.60 Å². The van der Waals surface area contributed by atoms with Crippen molar-refractivity contribution in [3.8, 4) is 0 Å². The van der Waals surface area contributed by atoms with Gasteiger partial charge in [-0.1, -0.05) is 0 Å². The van der Waals surface area contributed by atoms with Gasteiger partial charge in [0.2, 0.25) is 0 Å². The Bertz CT molecular complexity index is 424. The molecule has 1 fully saturated rings. The lowest BCUT2D eigenvalue weighted by Crippen LogP contribution is -2.54. The highest BCUT2D eigenvalue weighted by Gasteiger charge is 2.27. The van der Waals surface area contributed by atoms with Gasteiger partial charge in [-0.3, -0.25) is 14.5 Å². The number of aliphatic hydroxyl groups is 1. The van der Waals surface area contributed by atoms with Crippen LogP contribution in [0.4, 0.5) is 0 Å². The molecule has 1 aliphatic heterocycles. The summed E-state index contributed by atoms with van der Waals surface area (Å²) in [5.41, 5.74) is 0.675. The van der Waals surface area contributed by atoms with E-state index in [1.54, 1.807) is 0 Å². The lowest BCUT2D eigenvalue weighted by molar-refractivity contribution is -0.00506. The predicted molar refractivity (Wildman–Crippen MR) is 80.5 cm³/mol. The average molecular weight is 280 g/mol. The molecule has 0 spiro atoms. The van der Waals surface area contributed by atoms with Crippen LogP contribution >= 0.6 is 0 Å². The van der Waals surface area contributed by atoms with Crippen molar-refractivity contribution in [1.29, 1.82) is 0 Å². The van der Waals surface area contributed by atoms with Crippen LogP contribution in [0.3, 0.4) is 0 Å². The lowest BCUT2D eigenvalue weighted by atomic mass is 10.1. The van der Waals surface area contributed by atoms with E-state index >= 15 is 0 Å². The summed E-state index contributed by atoms with van der Waals surface area (Å²) in [4.78, 5) is 4.86. The molecule has 1 N–H and O–H groups in total. The number of piperazine rings is 1. The molecule has 5 nitrogen and oxygen atoms in total. The third-order valence-corrected chi connectivity index (χ3v) is 3.86. The number of aromatic nitrogens is 2. The van der Waals surface area contributed by atoms with Gasteiger partial charge in [0.1, 0.15) is 0 Å². The lowest BCUT2D eigenvalue weighted by Gasteiger charge is -2.42. The molecule has 0 bridgehead atoms. The topological polar surface area (TPSA) is 44.5 Å². The molecule has 0 aliphatic carbocycles. The quantitative estimate of drug-likeness (QED) is 0.880. The van der Waals surface area contributed by atoms with Crippen LogP contribution < -0.4 is 0 Å². The zero-order valence-electron chi connectivity index (χ0n) is 13.2. The summed E-state index contributed by atoms with van der Waals surface area (Å²) < 4.78 is 1.98. The van der Waals surface area contributed by atoms with Crippen molar-refractivity contribution >= 4 is 0 Å². The van der Waals surface area contributed by atoms with Crippen LogP contribution in [-0.2, 0) is 13.1 Å². The fraction of sp³-hybridized carbons (Fsp3) is 0.800. The molecule has 0 amide bonds. The van der Waals surface area contributed by atoms with E-state index in [-0.39, 0.29) is 0 Å². The van der Waals surface area contributed by atoms with Crippen molar-refractivity contribution in [2.45, 2.75) is 52.4 Å². The molecule has 5 heteroatoms. The fourth-order valence-electron chi connectivity index (χ4n) is 2.87. The molecule has 1 aromatic rings. The first kappa shape index (κ1) is 15.5. The number of β-amino-alcohol motifs (C(OH)–C–C–N with tert-alkyl or cyclic N) is 1. The summed E-state index contributed by atoms with van der Waals surface area (Å²) in [7, 11) is 0. The van der Waals surface area contributed by atoms with Crippen molar-refractivity contribution in [2.75, 3.05) is 26.2 Å². The smallest absolute Gasteiger partial charge is 0.0718 e. The van der Waals surface area contributed by atoms with E-state index in [1.165, 1.54) is 5.56 Å². The van der Waals surface area contributed by atoms with Gasteiger partial charge in [-0.25, -0.2) is 0 Å². The van der Waals surface area contributed by atoms with E-state index in [0.717, 1.165) is 39.3 Å². The van der Waals surface area contributed by atoms with E-state index in [4.69, 9.17) is 0 Å². The highest BCUT2D eigenvalue weighted by atomic mass is 16.3. The Morgan fingerprint density at radius 2 is 2.15 bits per heavy atom. The maximum Gasteiger partial charge on any atom is 0.0718 e. The van der Waals surface area contributed by atoms with Gasteiger partial charge in [0.25, 0.3) is 0 Å². The molecule has 2 heterocycles. The Balaban J connectivity index is 1.85. The standard InChI is InChI=1S/C15H28N4O/c1-5-19-11-14(8-16-19)10-17-6-7-18(13(2)9-17)12-15(3,4)20/h8,11,13,20H,5-7,9-10,12H2,1-4H3. The molecule has 0 saturated carbocycles. The predicted octanol–water partition coefficient (Wildman–Crippen LogP) is 1.18. The largest absolute Gasteiger partial charge is 0.389 e. The summed E-state index contributed by atoms with van der Waals surface area (Å²) in [6, 6.07) is 0.483. The zero-order valence-corrected chi connectivity index (χ0v) is 13.2. The molecule has 114 valence electrons. The highest BCUT2D eigenvalue weighted by Crippen LogP contribution is 2.15. The van der Waals surface area contributed by atoms with Gasteiger partial charge in [0.05, 0.1) is 11.8 Å². The van der Waals surface area contributed by atoms with Crippen molar-refractivity contribution in [3.05, 3.63) is 18.0 Å². The molecular weight excluding hydrogens is 252 g/mol. The summed E-state index contributed by atoms with van der Waals surface area (Å²) in [6.07, 6.45) is 4.10. The molecule has 0 radical (unpaired) electrons. The van der Waals surface area contributed by atoms with Crippen LogP contribution in [0.15, 0.2) is 12.4 Å². The normalized spacial score (nSPS) is 22.4. The summed E-state index contributed by atoms with van der Waals surface area (Å²) in [5, 5.41) is 14.3. The van der Waals surface area contributed by atoms with E-state index in [9.17, 15) is 5.11 Å². The summed E-state index contributed by atoms with van der Waals surface area (Å²) in [5.74, 6) is 0. The molecular formula is C15H28N4O. The molecule has 1 atom stereocenters. The maximum atomic E-state index is 9.95. The third-order valence-electron chi connectivity index (χ3n) is 3.86. The average Bonchev–Trinajstić information content (AvgIpc) is 2.79. The van der Waals surface area contributed by atoms with Crippen molar-refractivity contribution in [3.63, 3.8) is 0 Å². The fourth-order valence-corrected chi connectivity index (χ4v) is 2.87. The number of nitrogens with zero attached hydrogens (tertiary/aromatic N) is 4. The van der Waals surface area contributed by atoms with Gasteiger partial charge in [-0.15, -0.1) is 0 Å². The Morgan fingerprint density at radius 1 is 1.40 bits per heavy atom. The molecule has 2 rings (SSSR count). The molecule has 20 heavy (non-hydrogen) atoms. The first-order valence-electron chi connectivity index (χ1n) is 7.57. The minimum atomic E-state index is -0.612. The molecule has 1 unspecified atom stereocenters.